The van der Waals surface area contributed by atoms with Crippen molar-refractivity contribution in [1.29, 1.82) is 0 Å². The molecule has 1 aliphatic rings. The Kier molecular flexibility index (Phi) is 3.85. The molecule has 19 heavy (non-hydrogen) atoms. The van der Waals surface area contributed by atoms with E-state index in [1.807, 2.05) is 0 Å². The molecule has 1 unspecified atom stereocenters. The standard InChI is InChI=1S/C14H18N2O3/c1-15(2)14(19)11-5-3-4-6-12(11)16-8-10(9-17)7-13(16)18/h3-6,10,17H,7-9H2,1-2H3. The van der Waals surface area contributed by atoms with Gasteiger partial charge in [0, 0.05) is 39.6 Å². The molecular weight excluding hydrogens is 244 g/mol. The average Bonchev–Trinajstić information content (AvgIpc) is 2.79. The van der Waals surface area contributed by atoms with Gasteiger partial charge in [-0.2, -0.15) is 0 Å². The van der Waals surface area contributed by atoms with Crippen molar-refractivity contribution in [3.8, 4) is 0 Å². The van der Waals surface area contributed by atoms with Crippen LogP contribution >= 0.6 is 0 Å². The average molecular weight is 262 g/mol. The molecule has 1 heterocycles. The van der Waals surface area contributed by atoms with Crippen LogP contribution in [0.25, 0.3) is 0 Å². The number of hydrogen-bond donors (Lipinski definition) is 1. The second-order valence-electron chi connectivity index (χ2n) is 4.97. The quantitative estimate of drug-likeness (QED) is 0.873. The molecule has 0 aromatic heterocycles. The molecule has 1 atom stereocenters. The van der Waals surface area contributed by atoms with Crippen molar-refractivity contribution in [2.75, 3.05) is 32.1 Å². The molecule has 0 radical (unpaired) electrons. The summed E-state index contributed by atoms with van der Waals surface area (Å²) in [6.45, 7) is 0.457. The van der Waals surface area contributed by atoms with E-state index in [2.05, 4.69) is 0 Å². The number of nitrogens with zero attached hydrogens (tertiary/aromatic N) is 2. The van der Waals surface area contributed by atoms with Crippen molar-refractivity contribution in [2.45, 2.75) is 6.42 Å². The number of aliphatic hydroxyl groups is 1. The molecule has 2 amide bonds. The van der Waals surface area contributed by atoms with Crippen molar-refractivity contribution >= 4 is 17.5 Å². The van der Waals surface area contributed by atoms with Gasteiger partial charge in [0.2, 0.25) is 5.91 Å². The Labute approximate surface area is 112 Å². The van der Waals surface area contributed by atoms with Gasteiger partial charge in [0.25, 0.3) is 5.91 Å². The number of para-hydroxylation sites is 1. The monoisotopic (exact) mass is 262 g/mol. The molecule has 5 heteroatoms. The van der Waals surface area contributed by atoms with E-state index in [0.29, 0.717) is 24.2 Å². The van der Waals surface area contributed by atoms with E-state index in [1.165, 1.54) is 4.90 Å². The minimum Gasteiger partial charge on any atom is -0.396 e. The Bertz CT molecular complexity index is 499. The molecule has 102 valence electrons. The third-order valence-electron chi connectivity index (χ3n) is 3.29. The number of hydrogen-bond acceptors (Lipinski definition) is 3. The largest absolute Gasteiger partial charge is 0.396 e. The van der Waals surface area contributed by atoms with Crippen molar-refractivity contribution in [3.05, 3.63) is 29.8 Å². The molecule has 1 aromatic rings. The summed E-state index contributed by atoms with van der Waals surface area (Å²) in [6.07, 6.45) is 0.334. The van der Waals surface area contributed by atoms with E-state index in [4.69, 9.17) is 5.11 Å². The van der Waals surface area contributed by atoms with Crippen LogP contribution in [0, 0.1) is 5.92 Å². The Hall–Kier alpha value is -1.88. The minimum absolute atomic E-state index is 0.00790. The second-order valence-corrected chi connectivity index (χ2v) is 4.97. The first-order valence-corrected chi connectivity index (χ1v) is 6.26. The summed E-state index contributed by atoms with van der Waals surface area (Å²) in [4.78, 5) is 27.2. The van der Waals surface area contributed by atoms with Gasteiger partial charge in [-0.1, -0.05) is 12.1 Å². The molecule has 0 aliphatic carbocycles. The zero-order valence-corrected chi connectivity index (χ0v) is 11.2. The van der Waals surface area contributed by atoms with Crippen LogP contribution in [-0.2, 0) is 4.79 Å². The number of carbonyl (C=O) groups is 2. The lowest BCUT2D eigenvalue weighted by Crippen LogP contribution is -2.29. The fourth-order valence-electron chi connectivity index (χ4n) is 2.27. The maximum absolute atomic E-state index is 12.1. The lowest BCUT2D eigenvalue weighted by Gasteiger charge is -2.21. The SMILES string of the molecule is CN(C)C(=O)c1ccccc1N1CC(CO)CC1=O. The van der Waals surface area contributed by atoms with Crippen molar-refractivity contribution < 1.29 is 14.7 Å². The van der Waals surface area contributed by atoms with E-state index in [9.17, 15) is 9.59 Å². The maximum Gasteiger partial charge on any atom is 0.255 e. The number of aliphatic hydroxyl groups excluding tert-OH is 1. The number of rotatable bonds is 3. The predicted octanol–water partition coefficient (Wildman–Crippen LogP) is 0.734. The van der Waals surface area contributed by atoms with Gasteiger partial charge in [0.1, 0.15) is 0 Å². The van der Waals surface area contributed by atoms with Crippen LogP contribution in [0.2, 0.25) is 0 Å². The van der Waals surface area contributed by atoms with Gasteiger partial charge in [-0.25, -0.2) is 0 Å². The summed E-state index contributed by atoms with van der Waals surface area (Å²) < 4.78 is 0. The Morgan fingerprint density at radius 2 is 2.11 bits per heavy atom. The zero-order chi connectivity index (χ0) is 14.0. The number of benzene rings is 1. The van der Waals surface area contributed by atoms with Gasteiger partial charge in [0.15, 0.2) is 0 Å². The van der Waals surface area contributed by atoms with E-state index in [-0.39, 0.29) is 24.3 Å². The molecule has 1 aliphatic heterocycles. The fraction of sp³-hybridized carbons (Fsp3) is 0.429. The number of anilines is 1. The van der Waals surface area contributed by atoms with Gasteiger partial charge in [-0.15, -0.1) is 0 Å². The molecule has 0 saturated carbocycles. The number of carbonyl (C=O) groups excluding carboxylic acids is 2. The minimum atomic E-state index is -0.129. The van der Waals surface area contributed by atoms with Crippen LogP contribution in [0.15, 0.2) is 24.3 Å². The molecule has 0 bridgehead atoms. The van der Waals surface area contributed by atoms with Gasteiger partial charge >= 0.3 is 0 Å². The first-order chi connectivity index (χ1) is 9.04. The molecule has 2 rings (SSSR count). The molecule has 5 nitrogen and oxygen atoms in total. The zero-order valence-electron chi connectivity index (χ0n) is 11.2. The molecule has 1 saturated heterocycles. The third-order valence-corrected chi connectivity index (χ3v) is 3.29. The van der Waals surface area contributed by atoms with E-state index in [0.717, 1.165) is 0 Å². The van der Waals surface area contributed by atoms with Crippen LogP contribution in [-0.4, -0.2) is 49.1 Å². The van der Waals surface area contributed by atoms with Crippen molar-refractivity contribution in [2.24, 2.45) is 5.92 Å². The van der Waals surface area contributed by atoms with Gasteiger partial charge in [-0.05, 0) is 12.1 Å². The van der Waals surface area contributed by atoms with Gasteiger partial charge in [0.05, 0.1) is 11.3 Å². The first-order valence-electron chi connectivity index (χ1n) is 6.26. The highest BCUT2D eigenvalue weighted by Gasteiger charge is 2.32. The lowest BCUT2D eigenvalue weighted by atomic mass is 10.1. The van der Waals surface area contributed by atoms with Gasteiger partial charge in [-0.3, -0.25) is 9.59 Å². The van der Waals surface area contributed by atoms with Crippen molar-refractivity contribution in [3.63, 3.8) is 0 Å². The fourth-order valence-corrected chi connectivity index (χ4v) is 2.27. The summed E-state index contributed by atoms with van der Waals surface area (Å²) in [6, 6.07) is 7.08. The highest BCUT2D eigenvalue weighted by atomic mass is 16.3. The van der Waals surface area contributed by atoms with Gasteiger partial charge < -0.3 is 14.9 Å². The van der Waals surface area contributed by atoms with Crippen LogP contribution in [0.3, 0.4) is 0 Å². The summed E-state index contributed by atoms with van der Waals surface area (Å²) in [5.74, 6) is -0.219. The molecule has 0 spiro atoms. The molecule has 1 N–H and O–H groups in total. The summed E-state index contributed by atoms with van der Waals surface area (Å²) >= 11 is 0. The maximum atomic E-state index is 12.1. The summed E-state index contributed by atoms with van der Waals surface area (Å²) in [5.41, 5.74) is 1.14. The highest BCUT2D eigenvalue weighted by Crippen LogP contribution is 2.28. The van der Waals surface area contributed by atoms with E-state index >= 15 is 0 Å². The molecular formula is C14H18N2O3. The Balaban J connectivity index is 2.35. The van der Waals surface area contributed by atoms with Crippen LogP contribution < -0.4 is 4.90 Å². The van der Waals surface area contributed by atoms with Crippen molar-refractivity contribution in [1.82, 2.24) is 4.90 Å². The summed E-state index contributed by atoms with van der Waals surface area (Å²) in [7, 11) is 3.36. The Morgan fingerprint density at radius 3 is 2.68 bits per heavy atom. The predicted molar refractivity (Wildman–Crippen MR) is 72.0 cm³/mol. The smallest absolute Gasteiger partial charge is 0.255 e. The van der Waals surface area contributed by atoms with E-state index < -0.39 is 0 Å². The highest BCUT2D eigenvalue weighted by molar-refractivity contribution is 6.05. The third kappa shape index (κ3) is 2.61. The number of amides is 2. The first kappa shape index (κ1) is 13.5. The summed E-state index contributed by atoms with van der Waals surface area (Å²) in [5, 5.41) is 9.16. The Morgan fingerprint density at radius 1 is 1.42 bits per heavy atom. The van der Waals surface area contributed by atoms with Crippen LogP contribution in [0.1, 0.15) is 16.8 Å². The second kappa shape index (κ2) is 5.40. The van der Waals surface area contributed by atoms with Crippen LogP contribution in [0.4, 0.5) is 5.69 Å². The normalized spacial score (nSPS) is 18.8. The molecule has 1 aromatic carbocycles. The van der Waals surface area contributed by atoms with Crippen LogP contribution in [0.5, 0.6) is 0 Å². The topological polar surface area (TPSA) is 60.9 Å². The molecule has 1 fully saturated rings. The van der Waals surface area contributed by atoms with E-state index in [1.54, 1.807) is 43.3 Å². The lowest BCUT2D eigenvalue weighted by molar-refractivity contribution is -0.117.